The van der Waals surface area contributed by atoms with E-state index in [1.165, 1.54) is 36.5 Å². The van der Waals surface area contributed by atoms with Crippen molar-refractivity contribution in [2.75, 3.05) is 10.6 Å². The Morgan fingerprint density at radius 1 is 1.34 bits per heavy atom. The average molecular weight is 535 g/mol. The molecule has 1 aliphatic heterocycles. The fourth-order valence-corrected chi connectivity index (χ4v) is 4.94. The summed E-state index contributed by atoms with van der Waals surface area (Å²) in [6, 6.07) is 6.01. The van der Waals surface area contributed by atoms with Crippen molar-refractivity contribution in [1.82, 2.24) is 9.78 Å². The number of hydrogen-bond acceptors (Lipinski definition) is 6. The molecule has 29 heavy (non-hydrogen) atoms. The van der Waals surface area contributed by atoms with Gasteiger partial charge in [-0.25, -0.2) is 13.5 Å². The maximum atomic E-state index is 13.4. The van der Waals surface area contributed by atoms with Gasteiger partial charge in [0.25, 0.3) is 12.3 Å². The van der Waals surface area contributed by atoms with Crippen LogP contribution in [0.25, 0.3) is 5.70 Å². The van der Waals surface area contributed by atoms with Gasteiger partial charge < -0.3 is 15.2 Å². The molecule has 5 N–H and O–H groups in total. The van der Waals surface area contributed by atoms with E-state index in [0.717, 1.165) is 23.1 Å². The molecule has 1 unspecified atom stereocenters. The number of amides is 1. The van der Waals surface area contributed by atoms with E-state index in [9.17, 15) is 21.2 Å². The summed E-state index contributed by atoms with van der Waals surface area (Å²) in [5, 5.41) is 15.2. The number of allylic oxidation sites excluding steroid dienone is 3. The second-order valence-corrected chi connectivity index (χ2v) is 13.2. The summed E-state index contributed by atoms with van der Waals surface area (Å²) >= 11 is -1.81. The molecular weight excluding hydrogens is 519 g/mol. The molecular formula is C17H16F2IN5O3S. The van der Waals surface area contributed by atoms with Crippen molar-refractivity contribution >= 4 is 50.6 Å². The lowest BCUT2D eigenvalue weighted by Gasteiger charge is -2.21. The third kappa shape index (κ3) is 3.97. The quantitative estimate of drug-likeness (QED) is 0.420. The van der Waals surface area contributed by atoms with Crippen LogP contribution in [0.5, 0.6) is 0 Å². The summed E-state index contributed by atoms with van der Waals surface area (Å²) in [4.78, 5) is 13.1. The molecule has 154 valence electrons. The molecule has 1 aromatic heterocycles. The minimum atomic E-state index is -2.79. The molecule has 0 saturated heterocycles. The largest absolute Gasteiger partial charge is 0.339 e. The number of nitrogens with one attached hydrogen (secondary N) is 2. The van der Waals surface area contributed by atoms with Crippen molar-refractivity contribution in [1.29, 1.82) is 0 Å². The molecule has 0 radical (unpaired) electrons. The van der Waals surface area contributed by atoms with Gasteiger partial charge in [0.15, 0.2) is 0 Å². The van der Waals surface area contributed by atoms with Gasteiger partial charge in [-0.2, -0.15) is 5.10 Å². The second-order valence-electron chi connectivity index (χ2n) is 6.42. The maximum Gasteiger partial charge on any atom is 0.280 e. The number of benzene rings is 1. The Kier molecular flexibility index (Phi) is 5.27. The molecule has 1 amide bonds. The van der Waals surface area contributed by atoms with Gasteiger partial charge in [-0.05, 0) is 48.8 Å². The number of nitrogens with two attached hydrogens (primary N) is 1. The van der Waals surface area contributed by atoms with E-state index in [2.05, 4.69) is 15.7 Å². The average Bonchev–Trinajstić information content (AvgIpc) is 3.46. The van der Waals surface area contributed by atoms with E-state index in [4.69, 9.17) is 5.14 Å². The normalized spacial score (nSPS) is 18.4. The molecule has 12 heteroatoms. The van der Waals surface area contributed by atoms with Crippen LogP contribution in [0.3, 0.4) is 0 Å². The second kappa shape index (κ2) is 7.59. The lowest BCUT2D eigenvalue weighted by molar-refractivity contribution is 0.102. The summed E-state index contributed by atoms with van der Waals surface area (Å²) < 4.78 is 48.9. The Bertz CT molecular complexity index is 1060. The number of halogens is 3. The number of hydrogen-bond donors (Lipinski definition) is 4. The number of rotatable bonds is 5. The van der Waals surface area contributed by atoms with E-state index >= 15 is 0 Å². The van der Waals surface area contributed by atoms with Crippen LogP contribution in [0.15, 0.2) is 52.7 Å². The number of carbonyl (C=O) groups excluding carboxylic acids is 1. The number of nitrogens with zero attached hydrogens (tertiary/aromatic N) is 2. The van der Waals surface area contributed by atoms with Crippen LogP contribution in [0.4, 0.5) is 20.3 Å². The third-order valence-electron chi connectivity index (χ3n) is 4.45. The molecule has 2 aromatic rings. The van der Waals surface area contributed by atoms with Gasteiger partial charge in [-0.1, -0.05) is 0 Å². The molecule has 1 aromatic carbocycles. The molecule has 2 heterocycles. The van der Waals surface area contributed by atoms with Crippen LogP contribution in [-0.2, 0) is 3.07 Å². The van der Waals surface area contributed by atoms with Gasteiger partial charge in [0.2, 0.25) is 19.8 Å². The summed E-state index contributed by atoms with van der Waals surface area (Å²) in [5.74, 6) is -0.350. The lowest BCUT2D eigenvalue weighted by atomic mass is 10.2. The molecule has 1 atom stereocenters. The zero-order valence-corrected chi connectivity index (χ0v) is 17.7. The zero-order valence-electron chi connectivity index (χ0n) is 14.7. The highest BCUT2D eigenvalue weighted by atomic mass is 127. The number of alkyl halides is 2. The van der Waals surface area contributed by atoms with Crippen LogP contribution in [0.1, 0.15) is 23.2 Å². The van der Waals surface area contributed by atoms with Gasteiger partial charge in [0.05, 0.1) is 6.20 Å². The molecule has 8 nitrogen and oxygen atoms in total. The fourth-order valence-electron chi connectivity index (χ4n) is 2.84. The Morgan fingerprint density at radius 2 is 2.03 bits per heavy atom. The first-order valence-electron chi connectivity index (χ1n) is 8.41. The van der Waals surface area contributed by atoms with Gasteiger partial charge in [-0.15, -0.1) is 0 Å². The number of aromatic nitrogens is 2. The van der Waals surface area contributed by atoms with Gasteiger partial charge in [0, 0.05) is 23.9 Å². The van der Waals surface area contributed by atoms with Gasteiger partial charge in [0.1, 0.15) is 17.1 Å². The van der Waals surface area contributed by atoms with E-state index < -0.39 is 39.8 Å². The van der Waals surface area contributed by atoms with Crippen molar-refractivity contribution in [2.24, 2.45) is 5.14 Å². The van der Waals surface area contributed by atoms with Crippen LogP contribution in [0, 0.1) is 0 Å². The molecule has 0 spiro atoms. The van der Waals surface area contributed by atoms with Crippen molar-refractivity contribution in [3.63, 3.8) is 0 Å². The van der Waals surface area contributed by atoms with Gasteiger partial charge >= 0.3 is 0 Å². The molecule has 2 aliphatic rings. The van der Waals surface area contributed by atoms with Crippen molar-refractivity contribution in [3.05, 3.63) is 53.4 Å². The molecule has 4 rings (SSSR count). The SMILES string of the molecule is NS(O)(I=O)c1ccc(NC(=O)c2cnn3c2NC(=C2CC2)C=C3C(F)F)cc1. The smallest absolute Gasteiger partial charge is 0.280 e. The Labute approximate surface area is 174 Å². The molecule has 1 saturated carbocycles. The number of fused-ring (bicyclic) bond motifs is 1. The molecule has 0 bridgehead atoms. The predicted molar refractivity (Wildman–Crippen MR) is 114 cm³/mol. The minimum absolute atomic E-state index is 0.116. The van der Waals surface area contributed by atoms with Crippen LogP contribution in [0.2, 0.25) is 0 Å². The minimum Gasteiger partial charge on any atom is -0.339 e. The Hall–Kier alpha value is -2.16. The number of carbonyl (C=O) groups is 1. The van der Waals surface area contributed by atoms with Gasteiger partial charge in [-0.3, -0.25) is 13.0 Å². The predicted octanol–water partition coefficient (Wildman–Crippen LogP) is 4.46. The Balaban J connectivity index is 1.59. The lowest BCUT2D eigenvalue weighted by Crippen LogP contribution is -2.20. The van der Waals surface area contributed by atoms with Crippen molar-refractivity contribution < 1.29 is 21.2 Å². The fraction of sp³-hybridized carbons (Fsp3) is 0.176. The highest BCUT2D eigenvalue weighted by molar-refractivity contribution is 14.2. The van der Waals surface area contributed by atoms with E-state index in [-0.39, 0.29) is 17.1 Å². The van der Waals surface area contributed by atoms with E-state index in [0.29, 0.717) is 16.3 Å². The molecule has 1 aliphatic carbocycles. The summed E-state index contributed by atoms with van der Waals surface area (Å²) in [6.07, 6.45) is 1.52. The first-order valence-corrected chi connectivity index (χ1v) is 13.5. The third-order valence-corrected chi connectivity index (χ3v) is 8.74. The maximum absolute atomic E-state index is 13.4. The molecule has 1 fully saturated rings. The highest BCUT2D eigenvalue weighted by Crippen LogP contribution is 2.56. The van der Waals surface area contributed by atoms with Crippen LogP contribution >= 0.6 is 27.5 Å². The summed E-state index contributed by atoms with van der Waals surface area (Å²) in [6.45, 7) is 0. The highest BCUT2D eigenvalue weighted by Gasteiger charge is 2.30. The summed E-state index contributed by atoms with van der Waals surface area (Å²) in [7, 11) is -2.79. The van der Waals surface area contributed by atoms with Crippen molar-refractivity contribution in [2.45, 2.75) is 24.2 Å². The van der Waals surface area contributed by atoms with Crippen LogP contribution in [-0.4, -0.2) is 26.7 Å². The first kappa shape index (κ1) is 20.1. The summed E-state index contributed by atoms with van der Waals surface area (Å²) in [5.41, 5.74) is 1.83. The zero-order chi connectivity index (χ0) is 20.8. The topological polar surface area (TPSA) is 122 Å². The van der Waals surface area contributed by atoms with Crippen molar-refractivity contribution in [3.8, 4) is 0 Å². The monoisotopic (exact) mass is 535 g/mol. The van der Waals surface area contributed by atoms with E-state index in [1.54, 1.807) is 0 Å². The first-order chi connectivity index (χ1) is 13.8. The standard InChI is InChI=1S/C17H16F2IN5O3S/c18-15(19)14-7-13(9-1-2-9)24-16-12(8-22-25(14)16)17(26)23-10-3-5-11(6-4-10)29(21,28)20-27/h3-8,15,24,28H,1-2,21H2,(H,23,26). The van der Waals surface area contributed by atoms with E-state index in [1.807, 2.05) is 0 Å². The Morgan fingerprint density at radius 3 is 2.62 bits per heavy atom. The van der Waals surface area contributed by atoms with Crippen LogP contribution < -0.4 is 15.8 Å². The number of anilines is 2.